The van der Waals surface area contributed by atoms with E-state index >= 15 is 0 Å². The van der Waals surface area contributed by atoms with Crippen molar-refractivity contribution >= 4 is 11.8 Å². The van der Waals surface area contributed by atoms with E-state index in [4.69, 9.17) is 4.74 Å². The molecule has 2 aliphatic heterocycles. The van der Waals surface area contributed by atoms with E-state index in [0.29, 0.717) is 12.0 Å². The SMILES string of the molecule is CNC(c1cn(C)cn1)C1CCOC2(CCSCC2)C1. The minimum Gasteiger partial charge on any atom is -0.375 e. The molecule has 1 aromatic heterocycles. The first-order valence-corrected chi connectivity index (χ1v) is 8.75. The predicted molar refractivity (Wildman–Crippen MR) is 83.0 cm³/mol. The van der Waals surface area contributed by atoms with Gasteiger partial charge in [0.25, 0.3) is 0 Å². The molecule has 2 atom stereocenters. The average molecular weight is 295 g/mol. The Morgan fingerprint density at radius 1 is 1.50 bits per heavy atom. The van der Waals surface area contributed by atoms with Gasteiger partial charge in [0.15, 0.2) is 0 Å². The predicted octanol–water partition coefficient (Wildman–Crippen LogP) is 2.37. The fourth-order valence-electron chi connectivity index (χ4n) is 3.66. The number of aromatic nitrogens is 2. The van der Waals surface area contributed by atoms with Gasteiger partial charge in [-0.2, -0.15) is 11.8 Å². The van der Waals surface area contributed by atoms with E-state index in [-0.39, 0.29) is 5.60 Å². The fraction of sp³-hybridized carbons (Fsp3) is 0.800. The molecule has 0 amide bonds. The number of hydrogen-bond donors (Lipinski definition) is 1. The molecule has 112 valence electrons. The van der Waals surface area contributed by atoms with Crippen LogP contribution in [0.15, 0.2) is 12.5 Å². The standard InChI is InChI=1S/C15H25N3OS/c1-16-14(13-10-18(2)11-17-13)12-3-6-19-15(9-12)4-7-20-8-5-15/h10-12,14,16H,3-9H2,1-2H3. The zero-order valence-corrected chi connectivity index (χ0v) is 13.3. The molecule has 0 aromatic carbocycles. The van der Waals surface area contributed by atoms with Crippen molar-refractivity contribution in [3.8, 4) is 0 Å². The maximum atomic E-state index is 6.21. The van der Waals surface area contributed by atoms with E-state index in [1.807, 2.05) is 17.9 Å². The topological polar surface area (TPSA) is 39.1 Å². The number of rotatable bonds is 3. The second-order valence-corrected chi connectivity index (χ2v) is 7.35. The number of thioether (sulfide) groups is 1. The lowest BCUT2D eigenvalue weighted by Crippen LogP contribution is -2.45. The first kappa shape index (κ1) is 14.4. The molecule has 0 radical (unpaired) electrons. The molecule has 0 saturated carbocycles. The van der Waals surface area contributed by atoms with Gasteiger partial charge in [0.05, 0.1) is 23.7 Å². The molecule has 3 rings (SSSR count). The summed E-state index contributed by atoms with van der Waals surface area (Å²) in [4.78, 5) is 4.55. The Labute approximate surface area is 125 Å². The number of nitrogens with one attached hydrogen (secondary N) is 1. The minimum absolute atomic E-state index is 0.151. The van der Waals surface area contributed by atoms with Gasteiger partial charge in [0.1, 0.15) is 0 Å². The van der Waals surface area contributed by atoms with Crippen molar-refractivity contribution in [2.75, 3.05) is 25.2 Å². The van der Waals surface area contributed by atoms with Gasteiger partial charge >= 0.3 is 0 Å². The van der Waals surface area contributed by atoms with Gasteiger partial charge in [0.2, 0.25) is 0 Å². The zero-order chi connectivity index (χ0) is 14.0. The van der Waals surface area contributed by atoms with Crippen LogP contribution < -0.4 is 5.32 Å². The monoisotopic (exact) mass is 295 g/mol. The van der Waals surface area contributed by atoms with Gasteiger partial charge in [-0.15, -0.1) is 0 Å². The molecule has 20 heavy (non-hydrogen) atoms. The molecule has 0 aliphatic carbocycles. The summed E-state index contributed by atoms with van der Waals surface area (Å²) in [6.45, 7) is 0.903. The van der Waals surface area contributed by atoms with Crippen LogP contribution in [0.3, 0.4) is 0 Å². The summed E-state index contributed by atoms with van der Waals surface area (Å²) in [6.07, 6.45) is 8.78. The normalized spacial score (nSPS) is 27.6. The third-order valence-electron chi connectivity index (χ3n) is 4.76. The van der Waals surface area contributed by atoms with Crippen molar-refractivity contribution in [3.63, 3.8) is 0 Å². The fourth-order valence-corrected chi connectivity index (χ4v) is 4.90. The Hall–Kier alpha value is -0.520. The highest BCUT2D eigenvalue weighted by atomic mass is 32.2. The number of hydrogen-bond acceptors (Lipinski definition) is 4. The van der Waals surface area contributed by atoms with Crippen LogP contribution in [0.2, 0.25) is 0 Å². The Balaban J connectivity index is 1.74. The van der Waals surface area contributed by atoms with Gasteiger partial charge in [-0.3, -0.25) is 0 Å². The first-order valence-electron chi connectivity index (χ1n) is 7.59. The van der Waals surface area contributed by atoms with Crippen molar-refractivity contribution in [3.05, 3.63) is 18.2 Å². The van der Waals surface area contributed by atoms with Crippen LogP contribution >= 0.6 is 11.8 Å². The lowest BCUT2D eigenvalue weighted by Gasteiger charge is -2.45. The lowest BCUT2D eigenvalue weighted by atomic mass is 9.78. The molecule has 1 spiro atoms. The molecule has 1 aromatic rings. The Morgan fingerprint density at radius 2 is 2.30 bits per heavy atom. The largest absolute Gasteiger partial charge is 0.375 e. The van der Waals surface area contributed by atoms with Crippen LogP contribution in [0.4, 0.5) is 0 Å². The number of imidazole rings is 1. The molecule has 2 unspecified atom stereocenters. The van der Waals surface area contributed by atoms with E-state index in [9.17, 15) is 0 Å². The summed E-state index contributed by atoms with van der Waals surface area (Å²) in [7, 11) is 4.09. The molecular weight excluding hydrogens is 270 g/mol. The van der Waals surface area contributed by atoms with E-state index in [0.717, 1.165) is 13.0 Å². The Bertz CT molecular complexity index is 437. The van der Waals surface area contributed by atoms with E-state index < -0.39 is 0 Å². The summed E-state index contributed by atoms with van der Waals surface area (Å²) < 4.78 is 8.24. The van der Waals surface area contributed by atoms with Gasteiger partial charge in [-0.25, -0.2) is 4.98 Å². The molecule has 3 heterocycles. The summed E-state index contributed by atoms with van der Waals surface area (Å²) in [5.41, 5.74) is 1.32. The van der Waals surface area contributed by atoms with Crippen molar-refractivity contribution in [1.82, 2.24) is 14.9 Å². The van der Waals surface area contributed by atoms with Gasteiger partial charge in [0, 0.05) is 19.9 Å². The summed E-state index contributed by atoms with van der Waals surface area (Å²) >= 11 is 2.07. The third-order valence-corrected chi connectivity index (χ3v) is 5.75. The smallest absolute Gasteiger partial charge is 0.0947 e. The van der Waals surface area contributed by atoms with Crippen molar-refractivity contribution < 1.29 is 4.74 Å². The van der Waals surface area contributed by atoms with E-state index in [2.05, 4.69) is 35.3 Å². The van der Waals surface area contributed by atoms with Crippen LogP contribution in [-0.4, -0.2) is 40.3 Å². The number of aryl methyl sites for hydroxylation is 1. The zero-order valence-electron chi connectivity index (χ0n) is 12.5. The second kappa shape index (κ2) is 6.08. The van der Waals surface area contributed by atoms with Crippen LogP contribution in [-0.2, 0) is 11.8 Å². The molecule has 5 heteroatoms. The molecule has 0 bridgehead atoms. The number of ether oxygens (including phenoxy) is 1. The molecular formula is C15H25N3OS. The first-order chi connectivity index (χ1) is 9.72. The lowest BCUT2D eigenvalue weighted by molar-refractivity contribution is -0.107. The van der Waals surface area contributed by atoms with E-state index in [1.165, 1.54) is 36.5 Å². The number of nitrogens with zero attached hydrogens (tertiary/aromatic N) is 2. The van der Waals surface area contributed by atoms with Crippen LogP contribution in [0.25, 0.3) is 0 Å². The average Bonchev–Trinajstić information content (AvgIpc) is 2.87. The molecule has 2 aliphatic rings. The summed E-state index contributed by atoms with van der Waals surface area (Å²) in [5, 5.41) is 3.49. The highest BCUT2D eigenvalue weighted by Gasteiger charge is 2.41. The second-order valence-electron chi connectivity index (χ2n) is 6.13. The molecule has 2 saturated heterocycles. The summed E-state index contributed by atoms with van der Waals surface area (Å²) in [6, 6.07) is 0.353. The van der Waals surface area contributed by atoms with Crippen molar-refractivity contribution in [1.29, 1.82) is 0 Å². The van der Waals surface area contributed by atoms with Crippen molar-refractivity contribution in [2.45, 2.75) is 37.3 Å². The van der Waals surface area contributed by atoms with Gasteiger partial charge in [-0.1, -0.05) is 0 Å². The van der Waals surface area contributed by atoms with Crippen LogP contribution in [0, 0.1) is 5.92 Å². The maximum absolute atomic E-state index is 6.21. The summed E-state index contributed by atoms with van der Waals surface area (Å²) in [5.74, 6) is 3.13. The molecule has 2 fully saturated rings. The Morgan fingerprint density at radius 3 is 2.95 bits per heavy atom. The van der Waals surface area contributed by atoms with Gasteiger partial charge in [-0.05, 0) is 50.2 Å². The highest BCUT2D eigenvalue weighted by molar-refractivity contribution is 7.99. The third kappa shape index (κ3) is 2.90. The van der Waals surface area contributed by atoms with E-state index in [1.54, 1.807) is 0 Å². The maximum Gasteiger partial charge on any atom is 0.0947 e. The quantitative estimate of drug-likeness (QED) is 0.929. The molecule has 1 N–H and O–H groups in total. The highest BCUT2D eigenvalue weighted by Crippen LogP contribution is 2.43. The van der Waals surface area contributed by atoms with Crippen LogP contribution in [0.5, 0.6) is 0 Å². The minimum atomic E-state index is 0.151. The van der Waals surface area contributed by atoms with Crippen LogP contribution in [0.1, 0.15) is 37.4 Å². The molecule has 4 nitrogen and oxygen atoms in total. The van der Waals surface area contributed by atoms with Gasteiger partial charge < -0.3 is 14.6 Å². The van der Waals surface area contributed by atoms with Crippen molar-refractivity contribution in [2.24, 2.45) is 13.0 Å². The Kier molecular flexibility index (Phi) is 4.38.